The van der Waals surface area contributed by atoms with Gasteiger partial charge in [0.15, 0.2) is 0 Å². The van der Waals surface area contributed by atoms with E-state index >= 15 is 0 Å². The maximum Gasteiger partial charge on any atom is 0.127 e. The highest BCUT2D eigenvalue weighted by Gasteiger charge is 2.06. The quantitative estimate of drug-likeness (QED) is 0.688. The molecule has 80 valence electrons. The van der Waals surface area contributed by atoms with Gasteiger partial charge in [0.2, 0.25) is 0 Å². The van der Waals surface area contributed by atoms with Gasteiger partial charge in [0.05, 0.1) is 6.10 Å². The van der Waals surface area contributed by atoms with Gasteiger partial charge in [-0.1, -0.05) is 30.2 Å². The van der Waals surface area contributed by atoms with Crippen molar-refractivity contribution in [3.63, 3.8) is 0 Å². The van der Waals surface area contributed by atoms with Crippen LogP contribution in [0.2, 0.25) is 0 Å². The molecule has 2 rings (SSSR count). The molecule has 0 spiro atoms. The van der Waals surface area contributed by atoms with E-state index in [-0.39, 0.29) is 6.10 Å². The lowest BCUT2D eigenvalue weighted by molar-refractivity contribution is 0.245. The van der Waals surface area contributed by atoms with E-state index in [1.807, 2.05) is 50.2 Å². The highest BCUT2D eigenvalue weighted by Crippen LogP contribution is 2.28. The standard InChI is InChI=1S/C15H14O/c1-4-12-9-10-15(16-11(2)3)14-8-6-5-7-13(12)14/h1,5-11H,2-3H3. The molecule has 0 amide bonds. The maximum absolute atomic E-state index is 5.76. The number of hydrogen-bond donors (Lipinski definition) is 0. The molecule has 2 aromatic rings. The van der Waals surface area contributed by atoms with Crippen LogP contribution in [0.3, 0.4) is 0 Å². The van der Waals surface area contributed by atoms with E-state index in [9.17, 15) is 0 Å². The third kappa shape index (κ3) is 1.87. The summed E-state index contributed by atoms with van der Waals surface area (Å²) in [7, 11) is 0. The maximum atomic E-state index is 5.76. The first-order valence-electron chi connectivity index (χ1n) is 5.37. The Bertz CT molecular complexity index is 547. The molecule has 0 aliphatic carbocycles. The minimum absolute atomic E-state index is 0.167. The first kappa shape index (κ1) is 10.6. The third-order valence-corrected chi connectivity index (χ3v) is 2.40. The lowest BCUT2D eigenvalue weighted by Gasteiger charge is -2.13. The fourth-order valence-electron chi connectivity index (χ4n) is 1.75. The number of ether oxygens (including phenoxy) is 1. The Morgan fingerprint density at radius 2 is 1.75 bits per heavy atom. The Hall–Kier alpha value is -1.94. The van der Waals surface area contributed by atoms with E-state index in [2.05, 4.69) is 5.92 Å². The summed E-state index contributed by atoms with van der Waals surface area (Å²) < 4.78 is 5.76. The minimum atomic E-state index is 0.167. The number of rotatable bonds is 2. The van der Waals surface area contributed by atoms with Crippen LogP contribution in [0.1, 0.15) is 19.4 Å². The monoisotopic (exact) mass is 210 g/mol. The summed E-state index contributed by atoms with van der Waals surface area (Å²) in [6, 6.07) is 11.9. The van der Waals surface area contributed by atoms with Crippen LogP contribution in [-0.4, -0.2) is 6.10 Å². The van der Waals surface area contributed by atoms with Gasteiger partial charge in [0.25, 0.3) is 0 Å². The molecule has 0 heterocycles. The summed E-state index contributed by atoms with van der Waals surface area (Å²) in [5, 5.41) is 2.15. The van der Waals surface area contributed by atoms with Crippen molar-refractivity contribution >= 4 is 10.8 Å². The normalized spacial score (nSPS) is 10.4. The van der Waals surface area contributed by atoms with E-state index in [1.165, 1.54) is 0 Å². The average molecular weight is 210 g/mol. The van der Waals surface area contributed by atoms with Crippen LogP contribution in [-0.2, 0) is 0 Å². The minimum Gasteiger partial charge on any atom is -0.490 e. The molecular weight excluding hydrogens is 196 g/mol. The summed E-state index contributed by atoms with van der Waals surface area (Å²) in [5.74, 6) is 3.59. The second kappa shape index (κ2) is 4.28. The predicted molar refractivity (Wildman–Crippen MR) is 67.6 cm³/mol. The first-order chi connectivity index (χ1) is 7.72. The zero-order valence-electron chi connectivity index (χ0n) is 9.53. The van der Waals surface area contributed by atoms with Crippen LogP contribution in [0, 0.1) is 12.3 Å². The molecule has 0 fully saturated rings. The molecule has 0 saturated carbocycles. The molecule has 0 bridgehead atoms. The van der Waals surface area contributed by atoms with Crippen LogP contribution in [0.5, 0.6) is 5.75 Å². The lowest BCUT2D eigenvalue weighted by Crippen LogP contribution is -2.05. The van der Waals surface area contributed by atoms with Crippen molar-refractivity contribution in [3.8, 4) is 18.1 Å². The summed E-state index contributed by atoms with van der Waals surface area (Å²) >= 11 is 0. The van der Waals surface area contributed by atoms with Gasteiger partial charge in [-0.15, -0.1) is 6.42 Å². The number of fused-ring (bicyclic) bond motifs is 1. The summed E-state index contributed by atoms with van der Waals surface area (Å²) in [6.07, 6.45) is 5.64. The second-order valence-corrected chi connectivity index (χ2v) is 3.97. The zero-order chi connectivity index (χ0) is 11.5. The van der Waals surface area contributed by atoms with Gasteiger partial charge in [-0.2, -0.15) is 0 Å². The van der Waals surface area contributed by atoms with Crippen LogP contribution in [0.15, 0.2) is 36.4 Å². The predicted octanol–water partition coefficient (Wildman–Crippen LogP) is 3.61. The van der Waals surface area contributed by atoms with Crippen molar-refractivity contribution in [1.82, 2.24) is 0 Å². The molecule has 0 atom stereocenters. The Balaban J connectivity index is 2.66. The molecule has 0 N–H and O–H groups in total. The molecule has 0 unspecified atom stereocenters. The van der Waals surface area contributed by atoms with Crippen molar-refractivity contribution in [3.05, 3.63) is 42.0 Å². The van der Waals surface area contributed by atoms with Gasteiger partial charge in [-0.05, 0) is 26.0 Å². The van der Waals surface area contributed by atoms with Crippen molar-refractivity contribution < 1.29 is 4.74 Å². The lowest BCUT2D eigenvalue weighted by atomic mass is 10.0. The second-order valence-electron chi connectivity index (χ2n) is 3.97. The highest BCUT2D eigenvalue weighted by molar-refractivity contribution is 5.92. The molecule has 1 heteroatoms. The summed E-state index contributed by atoms with van der Waals surface area (Å²) in [6.45, 7) is 4.04. The van der Waals surface area contributed by atoms with E-state index in [0.717, 1.165) is 22.1 Å². The molecule has 0 radical (unpaired) electrons. The summed E-state index contributed by atoms with van der Waals surface area (Å²) in [5.41, 5.74) is 0.909. The van der Waals surface area contributed by atoms with Gasteiger partial charge in [0, 0.05) is 16.3 Å². The fourth-order valence-corrected chi connectivity index (χ4v) is 1.75. The smallest absolute Gasteiger partial charge is 0.127 e. The SMILES string of the molecule is C#Cc1ccc(OC(C)C)c2ccccc12. The first-order valence-corrected chi connectivity index (χ1v) is 5.37. The number of hydrogen-bond acceptors (Lipinski definition) is 1. The van der Waals surface area contributed by atoms with Crippen molar-refractivity contribution in [2.45, 2.75) is 20.0 Å². The third-order valence-electron chi connectivity index (χ3n) is 2.40. The van der Waals surface area contributed by atoms with E-state index < -0.39 is 0 Å². The van der Waals surface area contributed by atoms with Crippen LogP contribution in [0.4, 0.5) is 0 Å². The van der Waals surface area contributed by atoms with E-state index in [4.69, 9.17) is 11.2 Å². The average Bonchev–Trinajstić information content (AvgIpc) is 2.29. The number of terminal acetylenes is 1. The topological polar surface area (TPSA) is 9.23 Å². The van der Waals surface area contributed by atoms with E-state index in [0.29, 0.717) is 0 Å². The van der Waals surface area contributed by atoms with Crippen molar-refractivity contribution in [1.29, 1.82) is 0 Å². The van der Waals surface area contributed by atoms with Crippen LogP contribution in [0.25, 0.3) is 10.8 Å². The Kier molecular flexibility index (Phi) is 2.83. The molecule has 16 heavy (non-hydrogen) atoms. The molecule has 1 nitrogen and oxygen atoms in total. The number of benzene rings is 2. The molecule has 0 saturated heterocycles. The highest BCUT2D eigenvalue weighted by atomic mass is 16.5. The van der Waals surface area contributed by atoms with Crippen molar-refractivity contribution in [2.75, 3.05) is 0 Å². The Labute approximate surface area is 96.1 Å². The summed E-state index contributed by atoms with van der Waals surface area (Å²) in [4.78, 5) is 0. The van der Waals surface area contributed by atoms with Gasteiger partial charge in [0.1, 0.15) is 5.75 Å². The Morgan fingerprint density at radius 1 is 1.06 bits per heavy atom. The molecule has 0 aromatic heterocycles. The largest absolute Gasteiger partial charge is 0.490 e. The van der Waals surface area contributed by atoms with Gasteiger partial charge < -0.3 is 4.74 Å². The molecule has 2 aromatic carbocycles. The van der Waals surface area contributed by atoms with Gasteiger partial charge in [-0.3, -0.25) is 0 Å². The van der Waals surface area contributed by atoms with Crippen LogP contribution >= 0.6 is 0 Å². The van der Waals surface area contributed by atoms with Crippen LogP contribution < -0.4 is 4.74 Å². The fraction of sp³-hybridized carbons (Fsp3) is 0.200. The van der Waals surface area contributed by atoms with Gasteiger partial charge >= 0.3 is 0 Å². The van der Waals surface area contributed by atoms with Crippen molar-refractivity contribution in [2.24, 2.45) is 0 Å². The molecule has 0 aliphatic rings. The molecular formula is C15H14O. The van der Waals surface area contributed by atoms with E-state index in [1.54, 1.807) is 0 Å². The molecule has 0 aliphatic heterocycles. The zero-order valence-corrected chi connectivity index (χ0v) is 9.53. The van der Waals surface area contributed by atoms with Gasteiger partial charge in [-0.25, -0.2) is 0 Å². The Morgan fingerprint density at radius 3 is 2.38 bits per heavy atom.